The Morgan fingerprint density at radius 2 is 1.47 bits per heavy atom. The van der Waals surface area contributed by atoms with Crippen LogP contribution in [-0.4, -0.2) is 52.7 Å². The summed E-state index contributed by atoms with van der Waals surface area (Å²) in [6.45, 7) is 2.54. The smallest absolute Gasteiger partial charge is 0.224 e. The van der Waals surface area contributed by atoms with Crippen LogP contribution >= 0.6 is 11.6 Å². The van der Waals surface area contributed by atoms with Crippen LogP contribution in [0.2, 0.25) is 5.02 Å². The highest BCUT2D eigenvalue weighted by Crippen LogP contribution is 2.40. The lowest BCUT2D eigenvalue weighted by Gasteiger charge is -2.42. The van der Waals surface area contributed by atoms with E-state index in [1.807, 2.05) is 84.9 Å². The van der Waals surface area contributed by atoms with Crippen LogP contribution in [0.1, 0.15) is 85.2 Å². The van der Waals surface area contributed by atoms with E-state index in [9.17, 15) is 19.8 Å². The van der Waals surface area contributed by atoms with E-state index in [2.05, 4.69) is 39.8 Å². The monoisotopic (exact) mass is 816 g/mol. The number of halogens is 1. The van der Waals surface area contributed by atoms with E-state index in [1.165, 1.54) is 0 Å². The molecule has 3 atom stereocenters. The summed E-state index contributed by atoms with van der Waals surface area (Å²) < 4.78 is 13.4. The van der Waals surface area contributed by atoms with Crippen LogP contribution in [0.15, 0.2) is 121 Å². The number of aliphatic hydroxyl groups excluding tert-OH is 1. The fourth-order valence-corrected chi connectivity index (χ4v) is 8.01. The van der Waals surface area contributed by atoms with Gasteiger partial charge in [0.15, 0.2) is 6.29 Å². The van der Waals surface area contributed by atoms with Crippen molar-refractivity contribution in [1.82, 2.24) is 10.2 Å². The maximum atomic E-state index is 12.7. The number of nitrogens with zero attached hydrogens (tertiary/aromatic N) is 1. The van der Waals surface area contributed by atoms with Gasteiger partial charge in [-0.25, -0.2) is 0 Å². The number of unbranched alkanes of at least 4 members (excludes halogenated alkanes) is 1. The van der Waals surface area contributed by atoms with Gasteiger partial charge in [-0.15, -0.1) is 0 Å². The second-order valence-electron chi connectivity index (χ2n) is 15.6. The Morgan fingerprint density at radius 1 is 0.780 bits per heavy atom. The van der Waals surface area contributed by atoms with E-state index < -0.39 is 11.9 Å². The van der Waals surface area contributed by atoms with Gasteiger partial charge in [-0.2, -0.15) is 0 Å². The van der Waals surface area contributed by atoms with Gasteiger partial charge >= 0.3 is 0 Å². The molecular weight excluding hydrogens is 764 g/mol. The molecule has 2 aliphatic rings. The molecule has 0 aliphatic carbocycles. The second kappa shape index (κ2) is 19.8. The number of amides is 2. The van der Waals surface area contributed by atoms with Gasteiger partial charge in [0.1, 0.15) is 0 Å². The van der Waals surface area contributed by atoms with Gasteiger partial charge < -0.3 is 41.0 Å². The lowest BCUT2D eigenvalue weighted by molar-refractivity contribution is -0.253. The number of para-hydroxylation sites is 2. The van der Waals surface area contributed by atoms with E-state index in [4.69, 9.17) is 26.8 Å². The average molecular weight is 817 g/mol. The highest BCUT2D eigenvalue weighted by molar-refractivity contribution is 6.30. The van der Waals surface area contributed by atoms with Crippen LogP contribution in [0.3, 0.4) is 0 Å². The summed E-state index contributed by atoms with van der Waals surface area (Å²) in [7, 11) is 0. The Labute approximate surface area is 351 Å². The Morgan fingerprint density at radius 3 is 2.20 bits per heavy atom. The Kier molecular flexibility index (Phi) is 14.1. The van der Waals surface area contributed by atoms with E-state index in [0.29, 0.717) is 74.4 Å². The van der Waals surface area contributed by atoms with Crippen molar-refractivity contribution in [1.29, 1.82) is 0 Å². The minimum absolute atomic E-state index is 0.0220. The van der Waals surface area contributed by atoms with Crippen molar-refractivity contribution in [2.24, 2.45) is 0 Å². The van der Waals surface area contributed by atoms with E-state index >= 15 is 0 Å². The third kappa shape index (κ3) is 11.4. The molecule has 2 aliphatic heterocycles. The third-order valence-electron chi connectivity index (χ3n) is 11.3. The number of carbonyl (C=O) groups excluding carboxylic acids is 2. The largest absolute Gasteiger partial charge is 0.397 e. The number of hydrogen-bond donors (Lipinski definition) is 5. The summed E-state index contributed by atoms with van der Waals surface area (Å²) in [4.78, 5) is 27.4. The number of likely N-dealkylation sites (tertiary alicyclic amines) is 1. The molecule has 2 heterocycles. The first kappa shape index (κ1) is 42.1. The van der Waals surface area contributed by atoms with Crippen molar-refractivity contribution in [3.8, 4) is 11.1 Å². The van der Waals surface area contributed by atoms with Crippen LogP contribution in [0.5, 0.6) is 0 Å². The van der Waals surface area contributed by atoms with Crippen LogP contribution in [0.25, 0.3) is 11.1 Å². The molecule has 6 N–H and O–H groups in total. The van der Waals surface area contributed by atoms with Gasteiger partial charge in [-0.1, -0.05) is 96.5 Å². The standard InChI is InChI=1S/C48H53ClN4O6/c49-40-21-19-39(20-22-40)48(57)23-25-53(26-24-48)31-41-29-44(35-17-15-33(32-54)16-18-35)59-47(58-41)38-10-6-9-37(28-38)36-8-5-7-34(27-36)30-51-45(55)13-3-4-14-46(56)52-43-12-2-1-11-42(43)50/h1-2,5-12,15-22,27-28,41,44,47,54,57H,3-4,13-14,23-26,29-32,50H2,(H,51,55)(H,52,56). The quantitative estimate of drug-likeness (QED) is 0.0523. The highest BCUT2D eigenvalue weighted by Gasteiger charge is 2.37. The summed E-state index contributed by atoms with van der Waals surface area (Å²) >= 11 is 6.11. The zero-order valence-corrected chi connectivity index (χ0v) is 34.0. The summed E-state index contributed by atoms with van der Waals surface area (Å²) in [5.74, 6) is -0.185. The number of nitrogen functional groups attached to an aromatic ring is 1. The number of nitrogens with one attached hydrogen (secondary N) is 2. The molecule has 5 aromatic rings. The van der Waals surface area contributed by atoms with Gasteiger partial charge in [0.05, 0.1) is 35.8 Å². The number of ether oxygens (including phenoxy) is 2. The van der Waals surface area contributed by atoms with Crippen molar-refractivity contribution in [3.63, 3.8) is 0 Å². The number of benzene rings is 5. The lowest BCUT2D eigenvalue weighted by atomic mass is 9.84. The van der Waals surface area contributed by atoms with Crippen molar-refractivity contribution in [2.45, 2.75) is 82.2 Å². The predicted octanol–water partition coefficient (Wildman–Crippen LogP) is 8.43. The molecule has 59 heavy (non-hydrogen) atoms. The number of rotatable bonds is 15. The number of carbonyl (C=O) groups is 2. The van der Waals surface area contributed by atoms with Crippen molar-refractivity contribution in [2.75, 3.05) is 30.7 Å². The molecule has 10 nitrogen and oxygen atoms in total. The van der Waals surface area contributed by atoms with Gasteiger partial charge in [0, 0.05) is 56.0 Å². The normalized spacial score (nSPS) is 19.2. The Balaban J connectivity index is 0.960. The molecule has 308 valence electrons. The fraction of sp³-hybridized carbons (Fsp3) is 0.333. The number of nitrogens with two attached hydrogens (primary N) is 1. The predicted molar refractivity (Wildman–Crippen MR) is 231 cm³/mol. The minimum Gasteiger partial charge on any atom is -0.397 e. The van der Waals surface area contributed by atoms with E-state index in [-0.39, 0.29) is 30.6 Å². The van der Waals surface area contributed by atoms with Crippen LogP contribution in [0, 0.1) is 0 Å². The van der Waals surface area contributed by atoms with Gasteiger partial charge in [-0.05, 0) is 95.5 Å². The molecule has 0 radical (unpaired) electrons. The number of anilines is 2. The molecule has 2 fully saturated rings. The first-order chi connectivity index (χ1) is 28.6. The molecule has 11 heteroatoms. The molecule has 2 amide bonds. The molecule has 5 aromatic carbocycles. The fourth-order valence-electron chi connectivity index (χ4n) is 7.88. The zero-order chi connectivity index (χ0) is 41.2. The molecule has 0 spiro atoms. The van der Waals surface area contributed by atoms with Crippen molar-refractivity contribution >= 4 is 34.8 Å². The average Bonchev–Trinajstić information content (AvgIpc) is 3.26. The van der Waals surface area contributed by atoms with Crippen LogP contribution < -0.4 is 16.4 Å². The second-order valence-corrected chi connectivity index (χ2v) is 16.1. The van der Waals surface area contributed by atoms with Gasteiger partial charge in [0.2, 0.25) is 11.8 Å². The van der Waals surface area contributed by atoms with Crippen molar-refractivity contribution in [3.05, 3.63) is 154 Å². The SMILES string of the molecule is Nc1ccccc1NC(=O)CCCCC(=O)NCc1cccc(-c2cccc(C3OC(CN4CCC(O)(c5ccc(Cl)cc5)CC4)CC(c4ccc(CO)cc4)O3)c2)c1. The zero-order valence-electron chi connectivity index (χ0n) is 33.2. The molecule has 0 aromatic heterocycles. The molecule has 3 unspecified atom stereocenters. The topological polar surface area (TPSA) is 146 Å². The first-order valence-electron chi connectivity index (χ1n) is 20.5. The Hall–Kier alpha value is -5.07. The van der Waals surface area contributed by atoms with Gasteiger partial charge in [0.25, 0.3) is 0 Å². The summed E-state index contributed by atoms with van der Waals surface area (Å²) in [6, 6.07) is 38.9. The lowest BCUT2D eigenvalue weighted by Crippen LogP contribution is -2.46. The highest BCUT2D eigenvalue weighted by atomic mass is 35.5. The first-order valence-corrected chi connectivity index (χ1v) is 20.8. The maximum Gasteiger partial charge on any atom is 0.224 e. The Bertz CT molecular complexity index is 2170. The third-order valence-corrected chi connectivity index (χ3v) is 11.6. The molecule has 7 rings (SSSR count). The molecule has 2 saturated heterocycles. The summed E-state index contributed by atoms with van der Waals surface area (Å²) in [6.07, 6.45) is 2.78. The number of piperidine rings is 1. The van der Waals surface area contributed by atoms with E-state index in [0.717, 1.165) is 52.0 Å². The molecule has 0 saturated carbocycles. The molecular formula is C48H53ClN4O6. The number of aliphatic hydroxyl groups is 2. The van der Waals surface area contributed by atoms with Crippen molar-refractivity contribution < 1.29 is 29.3 Å². The minimum atomic E-state index is -0.888. The van der Waals surface area contributed by atoms with Gasteiger partial charge in [-0.3, -0.25) is 9.59 Å². The van der Waals surface area contributed by atoms with Crippen LogP contribution in [0.4, 0.5) is 11.4 Å². The molecule has 0 bridgehead atoms. The maximum absolute atomic E-state index is 12.7. The summed E-state index contributed by atoms with van der Waals surface area (Å²) in [5.41, 5.74) is 12.8. The van der Waals surface area contributed by atoms with Crippen LogP contribution in [-0.2, 0) is 37.8 Å². The summed E-state index contributed by atoms with van der Waals surface area (Å²) in [5, 5.41) is 27.7. The van der Waals surface area contributed by atoms with E-state index in [1.54, 1.807) is 12.1 Å². The number of hydrogen-bond acceptors (Lipinski definition) is 8.